The Kier molecular flexibility index (Phi) is 4.29. The van der Waals surface area contributed by atoms with E-state index in [1.54, 1.807) is 18.0 Å². The van der Waals surface area contributed by atoms with Gasteiger partial charge >= 0.3 is 0 Å². The molecule has 6 heteroatoms. The van der Waals surface area contributed by atoms with Gasteiger partial charge in [0.05, 0.1) is 6.20 Å². The van der Waals surface area contributed by atoms with Crippen molar-refractivity contribution < 1.29 is 9.59 Å². The molecule has 0 radical (unpaired) electrons. The summed E-state index contributed by atoms with van der Waals surface area (Å²) in [7, 11) is 0. The average molecular weight is 281 g/mol. The fourth-order valence-corrected chi connectivity index (χ4v) is 3.17. The van der Waals surface area contributed by atoms with Crippen molar-refractivity contribution in [3.63, 3.8) is 0 Å². The average Bonchev–Trinajstić information content (AvgIpc) is 2.83. The highest BCUT2D eigenvalue weighted by molar-refractivity contribution is 8.14. The van der Waals surface area contributed by atoms with Crippen molar-refractivity contribution in [1.82, 2.24) is 9.78 Å². The first-order valence-electron chi connectivity index (χ1n) is 6.46. The Labute approximate surface area is 117 Å². The monoisotopic (exact) mass is 281 g/mol. The van der Waals surface area contributed by atoms with Crippen molar-refractivity contribution in [2.75, 3.05) is 11.4 Å². The van der Waals surface area contributed by atoms with E-state index >= 15 is 0 Å². The second-order valence-electron chi connectivity index (χ2n) is 5.21. The first-order valence-corrected chi connectivity index (χ1v) is 7.34. The van der Waals surface area contributed by atoms with Crippen molar-refractivity contribution in [1.29, 1.82) is 0 Å². The van der Waals surface area contributed by atoms with Crippen LogP contribution in [0, 0.1) is 5.92 Å². The summed E-state index contributed by atoms with van der Waals surface area (Å²) in [5, 5.41) is 4.40. The van der Waals surface area contributed by atoms with E-state index in [4.69, 9.17) is 0 Å². The summed E-state index contributed by atoms with van der Waals surface area (Å²) in [6.07, 6.45) is 2.15. The molecule has 1 aliphatic rings. The van der Waals surface area contributed by atoms with Crippen molar-refractivity contribution >= 4 is 28.6 Å². The van der Waals surface area contributed by atoms with Crippen molar-refractivity contribution in [2.24, 2.45) is 5.92 Å². The molecule has 1 saturated heterocycles. The third-order valence-corrected chi connectivity index (χ3v) is 3.91. The van der Waals surface area contributed by atoms with E-state index < -0.39 is 0 Å². The number of aromatic nitrogens is 2. The SMILES string of the molecule is CC(=O)SC1CC(=O)N(c2ccnn2CC(C)C)C1. The van der Waals surface area contributed by atoms with E-state index in [0.717, 1.165) is 12.4 Å². The lowest BCUT2D eigenvalue weighted by Crippen LogP contribution is -2.28. The molecule has 19 heavy (non-hydrogen) atoms. The van der Waals surface area contributed by atoms with Crippen LogP contribution in [0.25, 0.3) is 0 Å². The molecular formula is C13H19N3O2S. The second kappa shape index (κ2) is 5.77. The zero-order valence-electron chi connectivity index (χ0n) is 11.5. The highest BCUT2D eigenvalue weighted by atomic mass is 32.2. The Balaban J connectivity index is 2.12. The van der Waals surface area contributed by atoms with Gasteiger partial charge in [-0.2, -0.15) is 5.10 Å². The molecule has 0 aromatic carbocycles. The summed E-state index contributed by atoms with van der Waals surface area (Å²) in [6.45, 7) is 7.15. The minimum absolute atomic E-state index is 0.0624. The maximum atomic E-state index is 12.1. The smallest absolute Gasteiger partial charge is 0.229 e. The second-order valence-corrected chi connectivity index (χ2v) is 6.68. The molecular weight excluding hydrogens is 262 g/mol. The number of rotatable bonds is 4. The van der Waals surface area contributed by atoms with Gasteiger partial charge in [0.25, 0.3) is 0 Å². The molecule has 2 rings (SSSR count). The number of carbonyl (C=O) groups is 2. The third kappa shape index (κ3) is 3.37. The third-order valence-electron chi connectivity index (χ3n) is 2.93. The molecule has 1 aromatic rings. The van der Waals surface area contributed by atoms with Gasteiger partial charge in [0, 0.05) is 37.8 Å². The van der Waals surface area contributed by atoms with Gasteiger partial charge in [0.15, 0.2) is 5.12 Å². The predicted molar refractivity (Wildman–Crippen MR) is 76.1 cm³/mol. The van der Waals surface area contributed by atoms with Crippen LogP contribution in [0.3, 0.4) is 0 Å². The van der Waals surface area contributed by atoms with Gasteiger partial charge < -0.3 is 0 Å². The fraction of sp³-hybridized carbons (Fsp3) is 0.615. The zero-order valence-corrected chi connectivity index (χ0v) is 12.3. The lowest BCUT2D eigenvalue weighted by molar-refractivity contribution is -0.117. The van der Waals surface area contributed by atoms with Gasteiger partial charge in [-0.1, -0.05) is 25.6 Å². The van der Waals surface area contributed by atoms with Gasteiger partial charge in [0.2, 0.25) is 5.91 Å². The molecule has 1 fully saturated rings. The molecule has 1 unspecified atom stereocenters. The zero-order chi connectivity index (χ0) is 14.0. The van der Waals surface area contributed by atoms with Gasteiger partial charge in [-0.25, -0.2) is 4.68 Å². The van der Waals surface area contributed by atoms with Crippen LogP contribution in [0.1, 0.15) is 27.2 Å². The lowest BCUT2D eigenvalue weighted by atomic mass is 10.2. The molecule has 1 amide bonds. The summed E-state index contributed by atoms with van der Waals surface area (Å²) >= 11 is 1.26. The van der Waals surface area contributed by atoms with Gasteiger partial charge in [-0.3, -0.25) is 14.5 Å². The summed E-state index contributed by atoms with van der Waals surface area (Å²) in [6, 6.07) is 1.86. The number of nitrogens with zero attached hydrogens (tertiary/aromatic N) is 3. The van der Waals surface area contributed by atoms with Crippen LogP contribution < -0.4 is 4.90 Å². The lowest BCUT2D eigenvalue weighted by Gasteiger charge is -2.18. The predicted octanol–water partition coefficient (Wildman–Crippen LogP) is 1.92. The van der Waals surface area contributed by atoms with E-state index in [1.165, 1.54) is 11.8 Å². The first-order chi connectivity index (χ1) is 8.97. The van der Waals surface area contributed by atoms with E-state index in [-0.39, 0.29) is 16.3 Å². The Hall–Kier alpha value is -1.30. The van der Waals surface area contributed by atoms with Gasteiger partial charge in [-0.05, 0) is 5.92 Å². The Morgan fingerprint density at radius 1 is 1.58 bits per heavy atom. The summed E-state index contributed by atoms with van der Waals surface area (Å²) in [5.41, 5.74) is 0. The molecule has 0 N–H and O–H groups in total. The van der Waals surface area contributed by atoms with Crippen LogP contribution in [-0.2, 0) is 16.1 Å². The van der Waals surface area contributed by atoms with Gasteiger partial charge in [-0.15, -0.1) is 0 Å². The van der Waals surface area contributed by atoms with Crippen LogP contribution in [0.15, 0.2) is 12.3 Å². The molecule has 1 aromatic heterocycles. The highest BCUT2D eigenvalue weighted by Crippen LogP contribution is 2.28. The first kappa shape index (κ1) is 14.1. The van der Waals surface area contributed by atoms with Crippen LogP contribution in [0.4, 0.5) is 5.82 Å². The molecule has 1 aliphatic heterocycles. The molecule has 2 heterocycles. The van der Waals surface area contributed by atoms with Gasteiger partial charge in [0.1, 0.15) is 5.82 Å². The molecule has 0 spiro atoms. The highest BCUT2D eigenvalue weighted by Gasteiger charge is 2.33. The van der Waals surface area contributed by atoms with Crippen LogP contribution in [0.5, 0.6) is 0 Å². The summed E-state index contributed by atoms with van der Waals surface area (Å²) < 4.78 is 1.86. The van der Waals surface area contributed by atoms with E-state index in [1.807, 2.05) is 10.7 Å². The van der Waals surface area contributed by atoms with E-state index in [0.29, 0.717) is 18.9 Å². The molecule has 0 bridgehead atoms. The summed E-state index contributed by atoms with van der Waals surface area (Å²) in [4.78, 5) is 24.9. The van der Waals surface area contributed by atoms with Crippen molar-refractivity contribution in [3.8, 4) is 0 Å². The number of anilines is 1. The minimum Gasteiger partial charge on any atom is -0.296 e. The van der Waals surface area contributed by atoms with E-state index in [9.17, 15) is 9.59 Å². The number of carbonyl (C=O) groups excluding carboxylic acids is 2. The normalized spacial score (nSPS) is 19.5. The minimum atomic E-state index is 0.0624. The number of amides is 1. The van der Waals surface area contributed by atoms with Crippen LogP contribution in [-0.4, -0.2) is 32.6 Å². The van der Waals surface area contributed by atoms with Crippen LogP contribution >= 0.6 is 11.8 Å². The molecule has 0 aliphatic carbocycles. The topological polar surface area (TPSA) is 55.2 Å². The number of hydrogen-bond acceptors (Lipinski definition) is 4. The van der Waals surface area contributed by atoms with Crippen LogP contribution in [0.2, 0.25) is 0 Å². The maximum Gasteiger partial charge on any atom is 0.229 e. The molecule has 0 saturated carbocycles. The largest absolute Gasteiger partial charge is 0.296 e. The molecule has 1 atom stereocenters. The van der Waals surface area contributed by atoms with E-state index in [2.05, 4.69) is 18.9 Å². The van der Waals surface area contributed by atoms with Crippen molar-refractivity contribution in [3.05, 3.63) is 12.3 Å². The maximum absolute atomic E-state index is 12.1. The number of thioether (sulfide) groups is 1. The Bertz CT molecular complexity index is 484. The fourth-order valence-electron chi connectivity index (χ4n) is 2.25. The standard InChI is InChI=1S/C13H19N3O2S/c1-9(2)7-16-12(4-5-14-16)15-8-11(6-13(15)18)19-10(3)17/h4-5,9,11H,6-8H2,1-3H3. The summed E-state index contributed by atoms with van der Waals surface area (Å²) in [5.74, 6) is 1.38. The van der Waals surface area contributed by atoms with Crippen molar-refractivity contribution in [2.45, 2.75) is 39.0 Å². The quantitative estimate of drug-likeness (QED) is 0.846. The molecule has 104 valence electrons. The molecule has 5 nitrogen and oxygen atoms in total. The number of hydrogen-bond donors (Lipinski definition) is 0. The Morgan fingerprint density at radius 2 is 2.32 bits per heavy atom. The Morgan fingerprint density at radius 3 is 2.95 bits per heavy atom.